The van der Waals surface area contributed by atoms with E-state index in [0.29, 0.717) is 0 Å². The molecule has 2 heterocycles. The van der Waals surface area contributed by atoms with Crippen LogP contribution in [0, 0.1) is 13.8 Å². The quantitative estimate of drug-likeness (QED) is 0.766. The largest absolute Gasteiger partial charge is 0.383 e. The number of anilines is 2. The van der Waals surface area contributed by atoms with Crippen molar-refractivity contribution in [2.24, 2.45) is 0 Å². The van der Waals surface area contributed by atoms with Crippen LogP contribution in [0.5, 0.6) is 0 Å². The van der Waals surface area contributed by atoms with Crippen LogP contribution in [0.25, 0.3) is 0 Å². The highest BCUT2D eigenvalue weighted by molar-refractivity contribution is 5.49. The van der Waals surface area contributed by atoms with Crippen molar-refractivity contribution < 1.29 is 0 Å². The zero-order valence-corrected chi connectivity index (χ0v) is 13.0. The van der Waals surface area contributed by atoms with Crippen molar-refractivity contribution in [1.29, 1.82) is 0 Å². The van der Waals surface area contributed by atoms with Gasteiger partial charge in [-0.3, -0.25) is 4.98 Å². The molecule has 0 bridgehead atoms. The van der Waals surface area contributed by atoms with Crippen molar-refractivity contribution in [3.63, 3.8) is 0 Å². The van der Waals surface area contributed by atoms with Gasteiger partial charge in [-0.25, -0.2) is 9.97 Å². The molecule has 0 aliphatic heterocycles. The summed E-state index contributed by atoms with van der Waals surface area (Å²) in [5.74, 6) is 1.76. The Morgan fingerprint density at radius 1 is 1.10 bits per heavy atom. The summed E-state index contributed by atoms with van der Waals surface area (Å²) in [5.41, 5.74) is 3.46. The molecule has 2 aromatic rings. The van der Waals surface area contributed by atoms with Crippen molar-refractivity contribution in [1.82, 2.24) is 15.0 Å². The van der Waals surface area contributed by atoms with Gasteiger partial charge in [0.2, 0.25) is 0 Å². The van der Waals surface area contributed by atoms with Crippen LogP contribution < -0.4 is 10.6 Å². The summed E-state index contributed by atoms with van der Waals surface area (Å²) in [7, 11) is 0. The SMILES string of the molecule is CCCc1cnc(C)nc1NCCNc1ccncc1C. The lowest BCUT2D eigenvalue weighted by molar-refractivity contribution is 0.885. The first kappa shape index (κ1) is 15.2. The topological polar surface area (TPSA) is 62.7 Å². The second kappa shape index (κ2) is 7.57. The minimum Gasteiger partial charge on any atom is -0.383 e. The Kier molecular flexibility index (Phi) is 5.49. The summed E-state index contributed by atoms with van der Waals surface area (Å²) in [6, 6.07) is 1.99. The van der Waals surface area contributed by atoms with E-state index in [-0.39, 0.29) is 0 Å². The van der Waals surface area contributed by atoms with Crippen molar-refractivity contribution in [3.8, 4) is 0 Å². The Labute approximate surface area is 126 Å². The molecule has 2 rings (SSSR count). The summed E-state index contributed by atoms with van der Waals surface area (Å²) in [6.45, 7) is 7.78. The average Bonchev–Trinajstić information content (AvgIpc) is 2.48. The summed E-state index contributed by atoms with van der Waals surface area (Å²) < 4.78 is 0. The van der Waals surface area contributed by atoms with E-state index >= 15 is 0 Å². The minimum absolute atomic E-state index is 0.801. The fourth-order valence-corrected chi connectivity index (χ4v) is 2.15. The zero-order chi connectivity index (χ0) is 15.1. The van der Waals surface area contributed by atoms with E-state index in [2.05, 4.69) is 39.4 Å². The Bertz CT molecular complexity index is 583. The maximum atomic E-state index is 4.49. The molecule has 5 heteroatoms. The first-order valence-corrected chi connectivity index (χ1v) is 7.41. The lowest BCUT2D eigenvalue weighted by Crippen LogP contribution is -2.16. The molecule has 0 aliphatic carbocycles. The molecule has 0 aliphatic rings. The van der Waals surface area contributed by atoms with Gasteiger partial charge in [-0.2, -0.15) is 0 Å². The maximum absolute atomic E-state index is 4.49. The number of hydrogen-bond donors (Lipinski definition) is 2. The Morgan fingerprint density at radius 3 is 2.67 bits per heavy atom. The molecule has 0 radical (unpaired) electrons. The van der Waals surface area contributed by atoms with Gasteiger partial charge < -0.3 is 10.6 Å². The molecule has 5 nitrogen and oxygen atoms in total. The van der Waals surface area contributed by atoms with Crippen molar-refractivity contribution in [2.75, 3.05) is 23.7 Å². The highest BCUT2D eigenvalue weighted by Crippen LogP contribution is 2.14. The van der Waals surface area contributed by atoms with E-state index in [1.807, 2.05) is 25.4 Å². The molecule has 0 spiro atoms. The summed E-state index contributed by atoms with van der Waals surface area (Å²) in [6.07, 6.45) is 7.68. The van der Waals surface area contributed by atoms with Crippen LogP contribution in [0.1, 0.15) is 30.3 Å². The fourth-order valence-electron chi connectivity index (χ4n) is 2.15. The van der Waals surface area contributed by atoms with Gasteiger partial charge in [0.15, 0.2) is 0 Å². The van der Waals surface area contributed by atoms with Crippen LogP contribution in [-0.4, -0.2) is 28.0 Å². The lowest BCUT2D eigenvalue weighted by atomic mass is 10.2. The van der Waals surface area contributed by atoms with Gasteiger partial charge in [0.05, 0.1) is 0 Å². The summed E-state index contributed by atoms with van der Waals surface area (Å²) in [5, 5.41) is 6.80. The molecule has 0 saturated carbocycles. The number of aryl methyl sites for hydroxylation is 3. The number of rotatable bonds is 7. The van der Waals surface area contributed by atoms with E-state index in [1.165, 1.54) is 5.56 Å². The van der Waals surface area contributed by atoms with E-state index in [1.54, 1.807) is 6.20 Å². The van der Waals surface area contributed by atoms with Gasteiger partial charge in [0.25, 0.3) is 0 Å². The minimum atomic E-state index is 0.801. The first-order valence-electron chi connectivity index (χ1n) is 7.41. The molecular formula is C16H23N5. The molecule has 2 aromatic heterocycles. The van der Waals surface area contributed by atoms with Crippen molar-refractivity contribution in [2.45, 2.75) is 33.6 Å². The number of nitrogens with zero attached hydrogens (tertiary/aromatic N) is 3. The molecular weight excluding hydrogens is 262 g/mol. The van der Waals surface area contributed by atoms with Crippen LogP contribution in [0.15, 0.2) is 24.7 Å². The zero-order valence-electron chi connectivity index (χ0n) is 13.0. The standard InChI is InChI=1S/C16H23N5/c1-4-5-14-11-20-13(3)21-16(14)19-9-8-18-15-6-7-17-10-12(15)2/h6-7,10-11H,4-5,8-9H2,1-3H3,(H,17,18)(H,19,20,21). The van der Waals surface area contributed by atoms with Gasteiger partial charge in [0, 0.05) is 42.9 Å². The number of hydrogen-bond acceptors (Lipinski definition) is 5. The predicted octanol–water partition coefficient (Wildman–Crippen LogP) is 2.96. The molecule has 112 valence electrons. The van der Waals surface area contributed by atoms with Crippen molar-refractivity contribution in [3.05, 3.63) is 41.6 Å². The molecule has 0 fully saturated rings. The molecule has 0 atom stereocenters. The van der Waals surface area contributed by atoms with Crippen molar-refractivity contribution >= 4 is 11.5 Å². The van der Waals surface area contributed by atoms with Crippen LogP contribution in [0.4, 0.5) is 11.5 Å². The van der Waals surface area contributed by atoms with E-state index in [4.69, 9.17) is 0 Å². The normalized spacial score (nSPS) is 10.4. The highest BCUT2D eigenvalue weighted by Gasteiger charge is 2.04. The van der Waals surface area contributed by atoms with Gasteiger partial charge in [0.1, 0.15) is 11.6 Å². The Hall–Kier alpha value is -2.17. The van der Waals surface area contributed by atoms with Gasteiger partial charge in [-0.1, -0.05) is 13.3 Å². The fraction of sp³-hybridized carbons (Fsp3) is 0.438. The molecule has 0 aromatic carbocycles. The third-order valence-corrected chi connectivity index (χ3v) is 3.26. The Balaban J connectivity index is 1.88. The second-order valence-corrected chi connectivity index (χ2v) is 5.09. The summed E-state index contributed by atoms with van der Waals surface area (Å²) >= 11 is 0. The Morgan fingerprint density at radius 2 is 1.90 bits per heavy atom. The third-order valence-electron chi connectivity index (χ3n) is 3.26. The lowest BCUT2D eigenvalue weighted by Gasteiger charge is -2.12. The molecule has 0 saturated heterocycles. The number of pyridine rings is 1. The molecule has 0 unspecified atom stereocenters. The smallest absolute Gasteiger partial charge is 0.132 e. The average molecular weight is 285 g/mol. The van der Waals surface area contributed by atoms with Crippen LogP contribution in [0.2, 0.25) is 0 Å². The van der Waals surface area contributed by atoms with Gasteiger partial charge in [-0.15, -0.1) is 0 Å². The first-order chi connectivity index (χ1) is 10.2. The number of aromatic nitrogens is 3. The van der Waals surface area contributed by atoms with Crippen LogP contribution >= 0.6 is 0 Å². The third kappa shape index (κ3) is 4.41. The van der Waals surface area contributed by atoms with E-state index in [0.717, 1.165) is 48.8 Å². The van der Waals surface area contributed by atoms with E-state index < -0.39 is 0 Å². The van der Waals surface area contributed by atoms with Crippen LogP contribution in [-0.2, 0) is 6.42 Å². The summed E-state index contributed by atoms with van der Waals surface area (Å²) in [4.78, 5) is 12.9. The van der Waals surface area contributed by atoms with E-state index in [9.17, 15) is 0 Å². The maximum Gasteiger partial charge on any atom is 0.132 e. The highest BCUT2D eigenvalue weighted by atomic mass is 15.0. The number of nitrogens with one attached hydrogen (secondary N) is 2. The van der Waals surface area contributed by atoms with Gasteiger partial charge in [-0.05, 0) is 31.9 Å². The molecule has 2 N–H and O–H groups in total. The van der Waals surface area contributed by atoms with Crippen LogP contribution in [0.3, 0.4) is 0 Å². The monoisotopic (exact) mass is 285 g/mol. The second-order valence-electron chi connectivity index (χ2n) is 5.09. The predicted molar refractivity (Wildman–Crippen MR) is 86.7 cm³/mol. The molecule has 0 amide bonds. The molecule has 21 heavy (non-hydrogen) atoms. The van der Waals surface area contributed by atoms with Gasteiger partial charge >= 0.3 is 0 Å².